The van der Waals surface area contributed by atoms with Crippen molar-refractivity contribution in [3.05, 3.63) is 30.1 Å². The van der Waals surface area contributed by atoms with Gasteiger partial charge < -0.3 is 14.4 Å². The van der Waals surface area contributed by atoms with Crippen molar-refractivity contribution in [2.75, 3.05) is 31.8 Å². The lowest BCUT2D eigenvalue weighted by Gasteiger charge is -2.27. The lowest BCUT2D eigenvalue weighted by Crippen LogP contribution is -2.51. The quantitative estimate of drug-likeness (QED) is 0.567. The number of nitrogens with zero attached hydrogens (tertiary/aromatic N) is 4. The Morgan fingerprint density at radius 3 is 2.42 bits per heavy atom. The van der Waals surface area contributed by atoms with Crippen LogP contribution in [0, 0.1) is 0 Å². The van der Waals surface area contributed by atoms with Crippen LogP contribution >= 0.6 is 0 Å². The van der Waals surface area contributed by atoms with Gasteiger partial charge in [0, 0.05) is 6.54 Å². The molecule has 0 bridgehead atoms. The van der Waals surface area contributed by atoms with Gasteiger partial charge in [-0.15, -0.1) is 0 Å². The van der Waals surface area contributed by atoms with Crippen LogP contribution in [-0.4, -0.2) is 74.7 Å². The Balaban J connectivity index is 1.87. The molecule has 0 aromatic carbocycles. The standard InChI is InChI=1S/C16H20N6O7S2/c1-4-30(24,25)13-14(22-8-6-5-7-10(22)17-13)31(26,27)21-16(23)20-15-18-11(28-2)9-12(19-15)29-3/h5-7,9,14H,4,8H2,1-3H3,(H2,18,19,20,21,23). The first-order chi connectivity index (χ1) is 14.6. The lowest BCUT2D eigenvalue weighted by atomic mass is 10.3. The molecule has 0 aliphatic carbocycles. The molecule has 0 fully saturated rings. The Morgan fingerprint density at radius 1 is 1.19 bits per heavy atom. The fraction of sp³-hybridized carbons (Fsp3) is 0.375. The number of ether oxygens (including phenoxy) is 2. The number of methoxy groups -OCH3 is 2. The molecule has 13 nitrogen and oxygen atoms in total. The van der Waals surface area contributed by atoms with Gasteiger partial charge >= 0.3 is 6.03 Å². The van der Waals surface area contributed by atoms with Crippen molar-refractivity contribution in [3.63, 3.8) is 0 Å². The molecule has 1 atom stereocenters. The second-order valence-electron chi connectivity index (χ2n) is 6.19. The van der Waals surface area contributed by atoms with Gasteiger partial charge in [0.05, 0.1) is 26.0 Å². The number of urea groups is 1. The second-order valence-corrected chi connectivity index (χ2v) is 10.2. The van der Waals surface area contributed by atoms with Gasteiger partial charge in [0.15, 0.2) is 14.9 Å². The number of nitrogens with one attached hydrogen (secondary N) is 2. The molecule has 1 aromatic rings. The van der Waals surface area contributed by atoms with Crippen molar-refractivity contribution in [2.24, 2.45) is 4.99 Å². The fourth-order valence-electron chi connectivity index (χ4n) is 2.79. The number of aliphatic imine (C=N–C) groups is 1. The summed E-state index contributed by atoms with van der Waals surface area (Å²) in [6, 6.07) is 0.155. The third-order valence-corrected chi connectivity index (χ3v) is 7.64. The molecule has 0 spiro atoms. The summed E-state index contributed by atoms with van der Waals surface area (Å²) in [5, 5.41) is -0.0969. The van der Waals surface area contributed by atoms with E-state index in [0.29, 0.717) is 0 Å². The van der Waals surface area contributed by atoms with Crippen LogP contribution in [0.15, 0.2) is 35.1 Å². The Hall–Kier alpha value is -3.20. The number of sulfonamides is 1. The SMILES string of the molecule is CCS(=O)(=O)C1=NC2=CC=CCN2C1S(=O)(=O)NC(=O)Nc1nc(OC)cc(OC)n1. The molecule has 1 unspecified atom stereocenters. The summed E-state index contributed by atoms with van der Waals surface area (Å²) in [5.41, 5.74) is 0. The first kappa shape index (κ1) is 22.5. The minimum atomic E-state index is -4.56. The smallest absolute Gasteiger partial charge is 0.335 e. The van der Waals surface area contributed by atoms with Gasteiger partial charge in [0.25, 0.3) is 10.0 Å². The van der Waals surface area contributed by atoms with Crippen molar-refractivity contribution in [1.82, 2.24) is 19.6 Å². The van der Waals surface area contributed by atoms with Crippen molar-refractivity contribution >= 4 is 36.9 Å². The maximum absolute atomic E-state index is 13.0. The number of sulfone groups is 1. The van der Waals surface area contributed by atoms with E-state index in [1.54, 1.807) is 16.9 Å². The lowest BCUT2D eigenvalue weighted by molar-refractivity contribution is 0.256. The molecule has 2 aliphatic rings. The van der Waals surface area contributed by atoms with Gasteiger partial charge in [-0.1, -0.05) is 19.1 Å². The largest absolute Gasteiger partial charge is 0.481 e. The Kier molecular flexibility index (Phi) is 6.17. The molecule has 0 saturated heterocycles. The number of aromatic nitrogens is 2. The molecular formula is C16H20N6O7S2. The maximum Gasteiger partial charge on any atom is 0.335 e. The fourth-order valence-corrected chi connectivity index (χ4v) is 5.84. The predicted octanol–water partition coefficient (Wildman–Crippen LogP) is -0.169. The number of anilines is 1. The number of fused-ring (bicyclic) bond motifs is 1. The summed E-state index contributed by atoms with van der Waals surface area (Å²) in [4.78, 5) is 25.4. The highest BCUT2D eigenvalue weighted by molar-refractivity contribution is 8.08. The van der Waals surface area contributed by atoms with Crippen LogP contribution in [0.25, 0.3) is 0 Å². The van der Waals surface area contributed by atoms with Gasteiger partial charge in [-0.05, 0) is 6.08 Å². The van der Waals surface area contributed by atoms with Crippen LogP contribution < -0.4 is 19.5 Å². The van der Waals surface area contributed by atoms with E-state index in [9.17, 15) is 21.6 Å². The zero-order valence-corrected chi connectivity index (χ0v) is 18.4. The van der Waals surface area contributed by atoms with Gasteiger partial charge in [-0.25, -0.2) is 31.3 Å². The summed E-state index contributed by atoms with van der Waals surface area (Å²) in [5.74, 6) is -0.327. The summed E-state index contributed by atoms with van der Waals surface area (Å²) >= 11 is 0. The van der Waals surface area contributed by atoms with E-state index in [1.165, 1.54) is 38.2 Å². The Morgan fingerprint density at radius 2 is 1.84 bits per heavy atom. The molecule has 15 heteroatoms. The van der Waals surface area contributed by atoms with Crippen molar-refractivity contribution in [1.29, 1.82) is 0 Å². The third kappa shape index (κ3) is 4.61. The first-order valence-corrected chi connectivity index (χ1v) is 12.1. The molecule has 31 heavy (non-hydrogen) atoms. The number of hydrogen-bond donors (Lipinski definition) is 2. The summed E-state index contributed by atoms with van der Waals surface area (Å²) in [6.07, 6.45) is 4.76. The highest BCUT2D eigenvalue weighted by Crippen LogP contribution is 2.29. The molecule has 2 N–H and O–H groups in total. The van der Waals surface area contributed by atoms with E-state index >= 15 is 0 Å². The predicted molar refractivity (Wildman–Crippen MR) is 111 cm³/mol. The van der Waals surface area contributed by atoms with Crippen LogP contribution in [0.2, 0.25) is 0 Å². The second kappa shape index (κ2) is 8.50. The summed E-state index contributed by atoms with van der Waals surface area (Å²) in [6.45, 7) is 1.47. The van der Waals surface area contributed by atoms with Crippen molar-refractivity contribution in [3.8, 4) is 11.8 Å². The number of carbonyl (C=O) groups is 1. The van der Waals surface area contributed by atoms with Gasteiger partial charge in [0.2, 0.25) is 23.1 Å². The first-order valence-electron chi connectivity index (χ1n) is 8.85. The van der Waals surface area contributed by atoms with E-state index < -0.39 is 36.3 Å². The van der Waals surface area contributed by atoms with Crippen LogP contribution in [0.5, 0.6) is 11.8 Å². The highest BCUT2D eigenvalue weighted by Gasteiger charge is 2.47. The van der Waals surface area contributed by atoms with Crippen LogP contribution in [-0.2, 0) is 19.9 Å². The van der Waals surface area contributed by atoms with Gasteiger partial charge in [0.1, 0.15) is 5.82 Å². The number of hydrogen-bond acceptors (Lipinski definition) is 11. The third-order valence-electron chi connectivity index (χ3n) is 4.25. The molecule has 1 aromatic heterocycles. The van der Waals surface area contributed by atoms with E-state index in [0.717, 1.165) is 0 Å². The molecule has 2 aliphatic heterocycles. The maximum atomic E-state index is 13.0. The van der Waals surface area contributed by atoms with Crippen molar-refractivity contribution in [2.45, 2.75) is 12.3 Å². The number of amides is 2. The topological polar surface area (TPSA) is 169 Å². The average Bonchev–Trinajstić information content (AvgIpc) is 3.14. The minimum absolute atomic E-state index is 0.0686. The Bertz CT molecular complexity index is 1170. The van der Waals surface area contributed by atoms with Crippen molar-refractivity contribution < 1.29 is 31.1 Å². The summed E-state index contributed by atoms with van der Waals surface area (Å²) < 4.78 is 62.7. The summed E-state index contributed by atoms with van der Waals surface area (Å²) in [7, 11) is -5.86. The number of carbonyl (C=O) groups excluding carboxylic acids is 1. The molecule has 3 rings (SSSR count). The average molecular weight is 473 g/mol. The number of rotatable bonds is 6. The zero-order valence-electron chi connectivity index (χ0n) is 16.8. The molecule has 0 radical (unpaired) electrons. The van der Waals surface area contributed by atoms with Gasteiger partial charge in [-0.2, -0.15) is 9.97 Å². The zero-order chi connectivity index (χ0) is 22.8. The number of allylic oxidation sites excluding steroid dienone is 2. The Labute approximate surface area is 178 Å². The molecule has 2 amide bonds. The highest BCUT2D eigenvalue weighted by atomic mass is 32.2. The minimum Gasteiger partial charge on any atom is -0.481 e. The molecule has 168 valence electrons. The van der Waals surface area contributed by atoms with Crippen LogP contribution in [0.3, 0.4) is 0 Å². The molecular weight excluding hydrogens is 452 g/mol. The van der Waals surface area contributed by atoms with Crippen LogP contribution in [0.1, 0.15) is 6.92 Å². The van der Waals surface area contributed by atoms with Gasteiger partial charge in [-0.3, -0.25) is 5.32 Å². The molecule has 3 heterocycles. The van der Waals surface area contributed by atoms with E-state index in [1.807, 2.05) is 0 Å². The molecule has 0 saturated carbocycles. The van der Waals surface area contributed by atoms with E-state index in [2.05, 4.69) is 20.3 Å². The van der Waals surface area contributed by atoms with E-state index in [4.69, 9.17) is 9.47 Å². The normalized spacial score (nSPS) is 18.0. The van der Waals surface area contributed by atoms with E-state index in [-0.39, 0.29) is 35.8 Å². The monoisotopic (exact) mass is 472 g/mol. The van der Waals surface area contributed by atoms with Crippen LogP contribution in [0.4, 0.5) is 10.7 Å².